The van der Waals surface area contributed by atoms with Crippen LogP contribution >= 0.6 is 0 Å². The van der Waals surface area contributed by atoms with Gasteiger partial charge in [0.1, 0.15) is 6.61 Å². The number of hydrogen-bond acceptors (Lipinski definition) is 4. The Hall–Kier alpha value is -1.59. The number of amides is 2. The van der Waals surface area contributed by atoms with Gasteiger partial charge in [-0.2, -0.15) is 0 Å². The van der Waals surface area contributed by atoms with E-state index in [4.69, 9.17) is 4.74 Å². The third-order valence-corrected chi connectivity index (χ3v) is 1.49. The molecule has 0 saturated heterocycles. The van der Waals surface area contributed by atoms with Crippen LogP contribution in [-0.4, -0.2) is 37.0 Å². The molecule has 0 aliphatic heterocycles. The molecule has 0 saturated carbocycles. The third kappa shape index (κ3) is 8.73. The van der Waals surface area contributed by atoms with Gasteiger partial charge in [0.15, 0.2) is 0 Å². The second-order valence-corrected chi connectivity index (χ2v) is 3.14. The van der Waals surface area contributed by atoms with Crippen LogP contribution in [0.2, 0.25) is 0 Å². The highest BCUT2D eigenvalue weighted by atomic mass is 16.5. The van der Waals surface area contributed by atoms with Gasteiger partial charge >= 0.3 is 5.97 Å². The van der Waals surface area contributed by atoms with Crippen LogP contribution in [0, 0.1) is 0 Å². The molecule has 86 valence electrons. The van der Waals surface area contributed by atoms with Crippen LogP contribution in [0.4, 0.5) is 0 Å². The predicted molar refractivity (Wildman–Crippen MR) is 52.9 cm³/mol. The maximum atomic E-state index is 10.8. The van der Waals surface area contributed by atoms with Gasteiger partial charge in [-0.1, -0.05) is 0 Å². The first kappa shape index (κ1) is 13.4. The Balaban J connectivity index is 3.99. The fourth-order valence-electron chi connectivity index (χ4n) is 0.924. The second-order valence-electron chi connectivity index (χ2n) is 3.14. The zero-order valence-corrected chi connectivity index (χ0v) is 9.12. The molecule has 1 unspecified atom stereocenters. The van der Waals surface area contributed by atoms with Gasteiger partial charge < -0.3 is 15.4 Å². The third-order valence-electron chi connectivity index (χ3n) is 1.49. The van der Waals surface area contributed by atoms with Crippen molar-refractivity contribution in [2.75, 3.05) is 13.2 Å². The topological polar surface area (TPSA) is 84.5 Å². The van der Waals surface area contributed by atoms with Crippen molar-refractivity contribution in [2.24, 2.45) is 0 Å². The maximum absolute atomic E-state index is 10.8. The summed E-state index contributed by atoms with van der Waals surface area (Å²) >= 11 is 0. The lowest BCUT2D eigenvalue weighted by atomic mass is 10.3. The highest BCUT2D eigenvalue weighted by Gasteiger charge is 2.11. The molecule has 0 heterocycles. The van der Waals surface area contributed by atoms with Crippen molar-refractivity contribution in [3.63, 3.8) is 0 Å². The van der Waals surface area contributed by atoms with Crippen LogP contribution in [0.25, 0.3) is 0 Å². The number of ether oxygens (including phenoxy) is 1. The van der Waals surface area contributed by atoms with Gasteiger partial charge in [0, 0.05) is 27.3 Å². The first-order valence-electron chi connectivity index (χ1n) is 4.56. The summed E-state index contributed by atoms with van der Waals surface area (Å²) in [7, 11) is 0. The van der Waals surface area contributed by atoms with E-state index >= 15 is 0 Å². The Kier molecular flexibility index (Phi) is 6.08. The molecule has 0 aliphatic carbocycles. The lowest BCUT2D eigenvalue weighted by Gasteiger charge is -2.17. The van der Waals surface area contributed by atoms with E-state index in [9.17, 15) is 14.4 Å². The van der Waals surface area contributed by atoms with Crippen molar-refractivity contribution < 1.29 is 19.1 Å². The highest BCUT2D eigenvalue weighted by Crippen LogP contribution is 1.86. The fourth-order valence-corrected chi connectivity index (χ4v) is 0.924. The lowest BCUT2D eigenvalue weighted by molar-refractivity contribution is -0.142. The molecule has 0 bridgehead atoms. The van der Waals surface area contributed by atoms with Crippen LogP contribution in [0.1, 0.15) is 20.8 Å². The molecule has 0 aromatic rings. The van der Waals surface area contributed by atoms with E-state index in [1.54, 1.807) is 0 Å². The van der Waals surface area contributed by atoms with E-state index in [0.717, 1.165) is 0 Å². The molecular weight excluding hydrogens is 200 g/mol. The van der Waals surface area contributed by atoms with Gasteiger partial charge in [0.2, 0.25) is 11.8 Å². The highest BCUT2D eigenvalue weighted by molar-refractivity contribution is 5.74. The van der Waals surface area contributed by atoms with Crippen LogP contribution in [0.3, 0.4) is 0 Å². The quantitative estimate of drug-likeness (QED) is 0.589. The molecule has 2 amide bonds. The minimum Gasteiger partial charge on any atom is -0.464 e. The Morgan fingerprint density at radius 1 is 1.13 bits per heavy atom. The van der Waals surface area contributed by atoms with E-state index in [-0.39, 0.29) is 25.0 Å². The van der Waals surface area contributed by atoms with Gasteiger partial charge in [0.05, 0.1) is 6.04 Å². The van der Waals surface area contributed by atoms with Gasteiger partial charge in [-0.3, -0.25) is 14.4 Å². The average molecular weight is 216 g/mol. The van der Waals surface area contributed by atoms with Crippen molar-refractivity contribution in [1.29, 1.82) is 0 Å². The van der Waals surface area contributed by atoms with Crippen molar-refractivity contribution in [1.82, 2.24) is 10.6 Å². The number of rotatable bonds is 5. The first-order valence-corrected chi connectivity index (χ1v) is 4.56. The fraction of sp³-hybridized carbons (Fsp3) is 0.667. The minimum atomic E-state index is -0.423. The zero-order chi connectivity index (χ0) is 11.8. The van der Waals surface area contributed by atoms with Gasteiger partial charge in [-0.05, 0) is 0 Å². The summed E-state index contributed by atoms with van der Waals surface area (Å²) in [4.78, 5) is 32.0. The summed E-state index contributed by atoms with van der Waals surface area (Å²) in [6.07, 6.45) is 0. The predicted octanol–water partition coefficient (Wildman–Crippen LogP) is -0.810. The zero-order valence-electron chi connectivity index (χ0n) is 9.12. The van der Waals surface area contributed by atoms with E-state index in [2.05, 4.69) is 10.6 Å². The van der Waals surface area contributed by atoms with E-state index < -0.39 is 12.0 Å². The summed E-state index contributed by atoms with van der Waals surface area (Å²) in [6, 6.07) is -0.393. The first-order chi connectivity index (χ1) is 6.91. The molecule has 1 atom stereocenters. The molecule has 6 nitrogen and oxygen atoms in total. The van der Waals surface area contributed by atoms with Crippen LogP contribution in [0.5, 0.6) is 0 Å². The minimum absolute atomic E-state index is 0.0508. The molecule has 0 aliphatic rings. The normalized spacial score (nSPS) is 11.4. The molecule has 2 N–H and O–H groups in total. The second kappa shape index (κ2) is 6.80. The summed E-state index contributed by atoms with van der Waals surface area (Å²) < 4.78 is 4.73. The van der Waals surface area contributed by atoms with Gasteiger partial charge in [-0.15, -0.1) is 0 Å². The summed E-state index contributed by atoms with van der Waals surface area (Å²) in [5, 5.41) is 5.09. The molecule has 15 heavy (non-hydrogen) atoms. The molecule has 6 heteroatoms. The van der Waals surface area contributed by atoms with Crippen molar-refractivity contribution in [3.05, 3.63) is 0 Å². The van der Waals surface area contributed by atoms with Gasteiger partial charge in [-0.25, -0.2) is 0 Å². The van der Waals surface area contributed by atoms with E-state index in [0.29, 0.717) is 0 Å². The Morgan fingerprint density at radius 3 is 2.13 bits per heavy atom. The smallest absolute Gasteiger partial charge is 0.302 e. The summed E-state index contributed by atoms with van der Waals surface area (Å²) in [5.41, 5.74) is 0. The number of esters is 1. The number of carbonyl (C=O) groups is 3. The standard InChI is InChI=1S/C9H16N2O4/c1-6(12)10-4-9(11-7(2)13)5-15-8(3)14/h9H,4-5H2,1-3H3,(H,10,12)(H,11,13). The Labute approximate surface area is 88.4 Å². The molecule has 0 rings (SSSR count). The van der Waals surface area contributed by atoms with Crippen LogP contribution < -0.4 is 10.6 Å². The largest absolute Gasteiger partial charge is 0.464 e. The van der Waals surface area contributed by atoms with Crippen LogP contribution in [-0.2, 0) is 19.1 Å². The SMILES string of the molecule is CC(=O)NCC(COC(C)=O)NC(C)=O. The van der Waals surface area contributed by atoms with Gasteiger partial charge in [0.25, 0.3) is 0 Å². The maximum Gasteiger partial charge on any atom is 0.302 e. The monoisotopic (exact) mass is 216 g/mol. The molecule has 0 radical (unpaired) electrons. The van der Waals surface area contributed by atoms with Crippen LogP contribution in [0.15, 0.2) is 0 Å². The summed E-state index contributed by atoms with van der Waals surface area (Å²) in [5.74, 6) is -0.862. The number of nitrogens with one attached hydrogen (secondary N) is 2. The van der Waals surface area contributed by atoms with Crippen molar-refractivity contribution in [3.8, 4) is 0 Å². The van der Waals surface area contributed by atoms with Crippen molar-refractivity contribution in [2.45, 2.75) is 26.8 Å². The molecule has 0 aromatic carbocycles. The molecular formula is C9H16N2O4. The Bertz CT molecular complexity index is 234. The number of hydrogen-bond donors (Lipinski definition) is 2. The molecule has 0 fully saturated rings. The molecule has 0 spiro atoms. The van der Waals surface area contributed by atoms with E-state index in [1.807, 2.05) is 0 Å². The van der Waals surface area contributed by atoms with E-state index in [1.165, 1.54) is 20.8 Å². The Morgan fingerprint density at radius 2 is 1.73 bits per heavy atom. The van der Waals surface area contributed by atoms with Crippen molar-refractivity contribution >= 4 is 17.8 Å². The average Bonchev–Trinajstić information content (AvgIpc) is 2.08. The lowest BCUT2D eigenvalue weighted by Crippen LogP contribution is -2.45. The number of carbonyl (C=O) groups excluding carboxylic acids is 3. The molecule has 0 aromatic heterocycles. The summed E-state index contributed by atoms with van der Waals surface area (Å²) in [6.45, 7) is 4.30.